The summed E-state index contributed by atoms with van der Waals surface area (Å²) >= 11 is 0. The third kappa shape index (κ3) is 27.7. The van der Waals surface area contributed by atoms with Gasteiger partial charge in [-0.2, -0.15) is 0 Å². The van der Waals surface area contributed by atoms with E-state index in [-0.39, 0.29) is 104 Å². The second-order valence-electron chi connectivity index (χ2n) is 0. The van der Waals surface area contributed by atoms with Gasteiger partial charge in [0, 0.05) is 0 Å². The van der Waals surface area contributed by atoms with Crippen molar-refractivity contribution in [3.63, 3.8) is 0 Å². The van der Waals surface area contributed by atoms with Crippen molar-refractivity contribution in [3.05, 3.63) is 0 Å². The van der Waals surface area contributed by atoms with Crippen LogP contribution >= 0.6 is 0 Å². The maximum absolute atomic E-state index is 0. The molecule has 0 radical (unpaired) electrons. The molecule has 0 aliphatic carbocycles. The Labute approximate surface area is 103 Å². The first-order chi connectivity index (χ1) is 0. The van der Waals surface area contributed by atoms with Crippen molar-refractivity contribution in [1.82, 2.24) is 0 Å². The minimum atomic E-state index is 0. The average Bonchev–Trinajstić information content (AvgIpc) is 0. The molecule has 0 bridgehead atoms. The molecule has 0 aromatic carbocycles. The molecule has 0 fully saturated rings. The molecule has 0 nitrogen and oxygen atoms in total. The zero-order valence-electron chi connectivity index (χ0n) is 2.38. The van der Waals surface area contributed by atoms with E-state index in [1.165, 1.54) is 0 Å². The fourth-order valence-electron chi connectivity index (χ4n) is 0. The molecule has 0 unspecified atom stereocenters. The predicted molar refractivity (Wildman–Crippen MR) is 35.5 cm³/mol. The average molecular weight is 437 g/mol. The monoisotopic (exact) mass is 440 g/mol. The molecule has 0 saturated heterocycles. The topological polar surface area (TPSA) is 0 Å². The van der Waals surface area contributed by atoms with Gasteiger partial charge in [0.15, 0.2) is 0 Å². The van der Waals surface area contributed by atoms with E-state index in [0.717, 1.165) is 0 Å². The quantitative estimate of drug-likeness (QED) is 0.415. The minimum Gasteiger partial charge on any atom is -2.00 e. The Hall–Kier alpha value is 3.06. The molecule has 0 atom stereocenters. The minimum absolute atomic E-state index is 0. The van der Waals surface area contributed by atoms with Crippen LogP contribution in [0.1, 0.15) is 7.43 Å². The van der Waals surface area contributed by atoms with Crippen LogP contribution in [-0.2, 0) is 0 Å². The Kier molecular flexibility index (Phi) is 448. The van der Waals surface area contributed by atoms with Gasteiger partial charge >= 0.3 is 45.6 Å². The molecule has 0 aromatic heterocycles. The third-order valence-corrected chi connectivity index (χ3v) is 0. The van der Waals surface area contributed by atoms with Crippen molar-refractivity contribution < 1.29 is 0 Å². The van der Waals surface area contributed by atoms with Gasteiger partial charge in [0.2, 0.25) is 0 Å². The molecule has 0 spiro atoms. The molecule has 0 N–H and O–H groups in total. The molecule has 5 heteroatoms. The maximum Gasteiger partial charge on any atom is 3.00 e. The first-order valence-corrected chi connectivity index (χ1v) is 0. The number of rotatable bonds is 0. The molecule has 0 saturated carbocycles. The van der Waals surface area contributed by atoms with Crippen LogP contribution < -0.4 is 0 Å². The van der Waals surface area contributed by atoms with Gasteiger partial charge in [0.05, 0.1) is 0 Å². The largest absolute Gasteiger partial charge is 3.00 e. The van der Waals surface area contributed by atoms with Crippen LogP contribution in [0.3, 0.4) is 0 Å². The maximum atomic E-state index is 0. The van der Waals surface area contributed by atoms with E-state index in [9.17, 15) is 0 Å². The Morgan fingerprint density at radius 1 is 0.667 bits per heavy atom. The van der Waals surface area contributed by atoms with Crippen molar-refractivity contribution in [2.75, 3.05) is 0 Å². The molecule has 0 heterocycles. The van der Waals surface area contributed by atoms with Gasteiger partial charge in [-0.05, 0) is 0 Å². The molecule has 32 valence electrons. The van der Waals surface area contributed by atoms with Crippen LogP contribution in [0.4, 0.5) is 0 Å². The Bertz CT molecular complexity index is 10.8. The number of hydrogen-bond donors (Lipinski definition) is 0. The van der Waals surface area contributed by atoms with E-state index >= 15 is 0 Å². The first-order valence-electron chi connectivity index (χ1n) is 0. The fourth-order valence-corrected chi connectivity index (χ4v) is 0. The summed E-state index contributed by atoms with van der Waals surface area (Å²) in [6.45, 7) is 0. The van der Waals surface area contributed by atoms with Gasteiger partial charge in [-0.3, -0.25) is 0 Å². The van der Waals surface area contributed by atoms with Gasteiger partial charge in [0.25, 0.3) is 0 Å². The summed E-state index contributed by atoms with van der Waals surface area (Å²) < 4.78 is 0. The second kappa shape index (κ2) is 42.9. The van der Waals surface area contributed by atoms with Crippen molar-refractivity contribution in [1.29, 1.82) is 0 Å². The van der Waals surface area contributed by atoms with Crippen LogP contribution in [0.15, 0.2) is 0 Å². The summed E-state index contributed by atoms with van der Waals surface area (Å²) in [6.07, 6.45) is 0. The van der Waals surface area contributed by atoms with Crippen molar-refractivity contribution in [2.24, 2.45) is 0 Å². The standard InChI is InChI=1S/CH4.Ga.In.3Se/h1H4;;;;;/q;2*+3;3*-2. The summed E-state index contributed by atoms with van der Waals surface area (Å²) in [7, 11) is 0. The molecular formula is CH4GaInSe3. The van der Waals surface area contributed by atoms with Crippen LogP contribution in [0, 0.1) is 0 Å². The van der Waals surface area contributed by atoms with Gasteiger partial charge in [-0.25, -0.2) is 0 Å². The van der Waals surface area contributed by atoms with E-state index in [4.69, 9.17) is 0 Å². The van der Waals surface area contributed by atoms with E-state index in [1.54, 1.807) is 0 Å². The van der Waals surface area contributed by atoms with Crippen LogP contribution in [0.25, 0.3) is 0 Å². The molecule has 0 aromatic rings. The van der Waals surface area contributed by atoms with Gasteiger partial charge in [-0.1, -0.05) is 7.43 Å². The van der Waals surface area contributed by atoms with E-state index < -0.39 is 0 Å². The Morgan fingerprint density at radius 2 is 0.667 bits per heavy atom. The summed E-state index contributed by atoms with van der Waals surface area (Å²) in [5.74, 6) is 0. The zero-order chi connectivity index (χ0) is 0. The van der Waals surface area contributed by atoms with Crippen molar-refractivity contribution in [3.8, 4) is 0 Å². The summed E-state index contributed by atoms with van der Waals surface area (Å²) in [6, 6.07) is 0. The van der Waals surface area contributed by atoms with Gasteiger partial charge in [0.1, 0.15) is 0 Å². The third-order valence-electron chi connectivity index (χ3n) is 0. The first kappa shape index (κ1) is 62.8. The van der Waals surface area contributed by atoms with Gasteiger partial charge in [-0.15, -0.1) is 0 Å². The van der Waals surface area contributed by atoms with E-state index in [2.05, 4.69) is 0 Å². The van der Waals surface area contributed by atoms with E-state index in [0.29, 0.717) is 0 Å². The molecular weight excluding hydrogens is 433 g/mol. The Balaban J connectivity index is 0. The normalized spacial score (nSPS) is 0. The molecule has 0 rings (SSSR count). The summed E-state index contributed by atoms with van der Waals surface area (Å²) in [5, 5.41) is 0. The Morgan fingerprint density at radius 3 is 0.667 bits per heavy atom. The van der Waals surface area contributed by atoms with Crippen LogP contribution in [0.2, 0.25) is 0 Å². The summed E-state index contributed by atoms with van der Waals surface area (Å²) in [4.78, 5) is 0. The van der Waals surface area contributed by atoms with Crippen molar-refractivity contribution >= 4 is 96.8 Å². The smallest absolute Gasteiger partial charge is 2.00 e. The van der Waals surface area contributed by atoms with E-state index in [1.807, 2.05) is 0 Å². The fraction of sp³-hybridized carbons (Fsp3) is 1.00. The zero-order valence-corrected chi connectivity index (χ0v) is 13.2. The molecule has 0 aliphatic heterocycles. The predicted octanol–water partition coefficient (Wildman–Crippen LogP) is -1.27. The van der Waals surface area contributed by atoms with Gasteiger partial charge < -0.3 is 51.2 Å². The second-order valence-corrected chi connectivity index (χ2v) is 0. The molecule has 0 amide bonds. The molecule has 6 heavy (non-hydrogen) atoms. The summed E-state index contributed by atoms with van der Waals surface area (Å²) in [5.41, 5.74) is 0. The van der Waals surface area contributed by atoms with Crippen LogP contribution in [0.5, 0.6) is 0 Å². The van der Waals surface area contributed by atoms with Crippen molar-refractivity contribution in [2.45, 2.75) is 7.43 Å². The number of hydrogen-bond acceptors (Lipinski definition) is 0. The van der Waals surface area contributed by atoms with Crippen LogP contribution in [-0.4, -0.2) is 96.8 Å². The molecule has 0 aliphatic rings. The SMILES string of the molecule is C.[Ga+3].[In+3].[Se-2].[Se-2].[Se-2].